The Labute approximate surface area is 206 Å². The fourth-order valence-electron chi connectivity index (χ4n) is 5.06. The molecular formula is C27H25F3N6. The fraction of sp³-hybridized carbons (Fsp3) is 0.259. The van der Waals surface area contributed by atoms with Crippen molar-refractivity contribution in [2.75, 3.05) is 31.1 Å². The van der Waals surface area contributed by atoms with Crippen LogP contribution < -0.4 is 4.90 Å². The SMILES string of the molecule is Cn1nc(-c2cccc(F)c2)c2ccc(CN3CCN(c4nc5ccccc5n4C(F)F)CC3)cc21. The molecule has 1 fully saturated rings. The highest BCUT2D eigenvalue weighted by atomic mass is 19.3. The van der Waals surface area contributed by atoms with E-state index in [1.54, 1.807) is 24.3 Å². The molecule has 0 bridgehead atoms. The van der Waals surface area contributed by atoms with Crippen LogP contribution in [0.1, 0.15) is 12.1 Å². The van der Waals surface area contributed by atoms with E-state index in [0.717, 1.165) is 51.9 Å². The lowest BCUT2D eigenvalue weighted by Crippen LogP contribution is -2.46. The van der Waals surface area contributed by atoms with E-state index in [2.05, 4.69) is 27.1 Å². The number of rotatable bonds is 5. The second-order valence-corrected chi connectivity index (χ2v) is 9.15. The van der Waals surface area contributed by atoms with E-state index in [-0.39, 0.29) is 5.82 Å². The number of benzene rings is 3. The summed E-state index contributed by atoms with van der Waals surface area (Å²) in [7, 11) is 1.89. The highest BCUT2D eigenvalue weighted by Gasteiger charge is 2.25. The van der Waals surface area contributed by atoms with Crippen molar-refractivity contribution in [1.82, 2.24) is 24.2 Å². The number of hydrogen-bond acceptors (Lipinski definition) is 4. The standard InChI is InChI=1S/C27H25F3N6/c1-33-24-15-18(9-10-21(24)25(32-33)19-5-4-6-20(28)16-19)17-34-11-13-35(14-12-34)27-31-22-7-2-3-8-23(22)36(27)26(29)30/h2-10,15-16,26H,11-14,17H2,1H3. The van der Waals surface area contributed by atoms with Gasteiger partial charge in [-0.1, -0.05) is 36.4 Å². The number of imidazole rings is 1. The number of anilines is 1. The highest BCUT2D eigenvalue weighted by Crippen LogP contribution is 2.31. The van der Waals surface area contributed by atoms with Crippen molar-refractivity contribution >= 4 is 27.9 Å². The van der Waals surface area contributed by atoms with Gasteiger partial charge in [-0.15, -0.1) is 0 Å². The molecule has 5 aromatic rings. The minimum atomic E-state index is -2.65. The van der Waals surface area contributed by atoms with Crippen molar-refractivity contribution in [1.29, 1.82) is 0 Å². The first-order valence-corrected chi connectivity index (χ1v) is 11.9. The molecule has 0 N–H and O–H groups in total. The molecule has 0 radical (unpaired) electrons. The molecular weight excluding hydrogens is 465 g/mol. The summed E-state index contributed by atoms with van der Waals surface area (Å²) in [5.74, 6) is 0.0400. The van der Waals surface area contributed by atoms with E-state index in [1.807, 2.05) is 34.8 Å². The maximum absolute atomic E-state index is 13.9. The zero-order valence-corrected chi connectivity index (χ0v) is 19.8. The van der Waals surface area contributed by atoms with Crippen molar-refractivity contribution in [3.63, 3.8) is 0 Å². The molecule has 0 amide bonds. The van der Waals surface area contributed by atoms with Gasteiger partial charge in [-0.25, -0.2) is 9.37 Å². The third kappa shape index (κ3) is 3.99. The summed E-state index contributed by atoms with van der Waals surface area (Å²) in [4.78, 5) is 8.76. The van der Waals surface area contributed by atoms with E-state index in [0.29, 0.717) is 30.1 Å². The van der Waals surface area contributed by atoms with Crippen molar-refractivity contribution in [3.8, 4) is 11.3 Å². The summed E-state index contributed by atoms with van der Waals surface area (Å²) in [5.41, 5.74) is 4.67. The van der Waals surface area contributed by atoms with Crippen LogP contribution in [-0.2, 0) is 13.6 Å². The topological polar surface area (TPSA) is 42.1 Å². The Morgan fingerprint density at radius 2 is 1.69 bits per heavy atom. The van der Waals surface area contributed by atoms with E-state index in [9.17, 15) is 13.2 Å². The van der Waals surface area contributed by atoms with Crippen LogP contribution in [-0.4, -0.2) is 50.4 Å². The summed E-state index contributed by atoms with van der Waals surface area (Å²) in [6.07, 6.45) is 0. The molecule has 3 aromatic carbocycles. The Bertz CT molecular complexity index is 1550. The van der Waals surface area contributed by atoms with Gasteiger partial charge in [0.15, 0.2) is 0 Å². The van der Waals surface area contributed by atoms with Gasteiger partial charge in [0.2, 0.25) is 5.95 Å². The average molecular weight is 491 g/mol. The van der Waals surface area contributed by atoms with Crippen molar-refractivity contribution in [2.24, 2.45) is 7.05 Å². The van der Waals surface area contributed by atoms with Crippen LogP contribution in [0.3, 0.4) is 0 Å². The fourth-order valence-corrected chi connectivity index (χ4v) is 5.06. The molecule has 1 saturated heterocycles. The van der Waals surface area contributed by atoms with Gasteiger partial charge < -0.3 is 4.90 Å². The molecule has 3 heterocycles. The maximum atomic E-state index is 13.9. The molecule has 0 spiro atoms. The zero-order valence-electron chi connectivity index (χ0n) is 19.8. The first-order valence-electron chi connectivity index (χ1n) is 11.9. The molecule has 6 rings (SSSR count). The van der Waals surface area contributed by atoms with Gasteiger partial charge in [0.25, 0.3) is 0 Å². The highest BCUT2D eigenvalue weighted by molar-refractivity contribution is 5.93. The van der Waals surface area contributed by atoms with Crippen LogP contribution >= 0.6 is 0 Å². The molecule has 0 atom stereocenters. The number of nitrogens with zero attached hydrogens (tertiary/aromatic N) is 6. The normalized spacial score (nSPS) is 15.0. The lowest BCUT2D eigenvalue weighted by molar-refractivity contribution is 0.0754. The third-order valence-corrected chi connectivity index (χ3v) is 6.85. The molecule has 2 aromatic heterocycles. The Balaban J connectivity index is 1.19. The van der Waals surface area contributed by atoms with Crippen molar-refractivity contribution in [2.45, 2.75) is 13.1 Å². The molecule has 1 aliphatic rings. The van der Waals surface area contributed by atoms with Crippen LogP contribution in [0.15, 0.2) is 66.7 Å². The Kier molecular flexibility index (Phi) is 5.64. The number of aromatic nitrogens is 4. The largest absolute Gasteiger partial charge is 0.340 e. The maximum Gasteiger partial charge on any atom is 0.321 e. The smallest absolute Gasteiger partial charge is 0.321 e. The van der Waals surface area contributed by atoms with Crippen molar-refractivity contribution < 1.29 is 13.2 Å². The minimum absolute atomic E-state index is 0.286. The Morgan fingerprint density at radius 3 is 2.47 bits per heavy atom. The molecule has 0 unspecified atom stereocenters. The van der Waals surface area contributed by atoms with Gasteiger partial charge in [-0.3, -0.25) is 14.1 Å². The average Bonchev–Trinajstić information content (AvgIpc) is 3.43. The zero-order chi connectivity index (χ0) is 24.8. The third-order valence-electron chi connectivity index (χ3n) is 6.85. The minimum Gasteiger partial charge on any atom is -0.340 e. The van der Waals surface area contributed by atoms with Crippen LogP contribution in [0.4, 0.5) is 19.1 Å². The lowest BCUT2D eigenvalue weighted by Gasteiger charge is -2.35. The van der Waals surface area contributed by atoms with E-state index >= 15 is 0 Å². The molecule has 6 nitrogen and oxygen atoms in total. The number of fused-ring (bicyclic) bond motifs is 2. The number of para-hydroxylation sites is 2. The van der Waals surface area contributed by atoms with Crippen LogP contribution in [0.25, 0.3) is 33.2 Å². The first-order chi connectivity index (χ1) is 17.5. The molecule has 1 aliphatic heterocycles. The van der Waals surface area contributed by atoms with Gasteiger partial charge in [-0.05, 0) is 35.9 Å². The molecule has 184 valence electrons. The van der Waals surface area contributed by atoms with Gasteiger partial charge in [0, 0.05) is 50.7 Å². The van der Waals surface area contributed by atoms with Gasteiger partial charge >= 0.3 is 6.55 Å². The molecule has 36 heavy (non-hydrogen) atoms. The van der Waals surface area contributed by atoms with E-state index in [1.165, 1.54) is 12.1 Å². The van der Waals surface area contributed by atoms with Crippen LogP contribution in [0.5, 0.6) is 0 Å². The summed E-state index contributed by atoms with van der Waals surface area (Å²) < 4.78 is 44.3. The predicted octanol–water partition coefficient (Wildman–Crippen LogP) is 5.45. The Morgan fingerprint density at radius 1 is 0.889 bits per heavy atom. The second-order valence-electron chi connectivity index (χ2n) is 9.15. The number of aryl methyl sites for hydroxylation is 1. The van der Waals surface area contributed by atoms with Crippen LogP contribution in [0.2, 0.25) is 0 Å². The second kappa shape index (κ2) is 8.98. The summed E-state index contributed by atoms with van der Waals surface area (Å²) in [5, 5.41) is 5.61. The van der Waals surface area contributed by atoms with Gasteiger partial charge in [0.1, 0.15) is 11.5 Å². The molecule has 0 aliphatic carbocycles. The summed E-state index contributed by atoms with van der Waals surface area (Å²) in [6.45, 7) is 0.819. The Hall–Kier alpha value is -3.85. The van der Waals surface area contributed by atoms with Crippen molar-refractivity contribution in [3.05, 3.63) is 78.1 Å². The van der Waals surface area contributed by atoms with E-state index < -0.39 is 6.55 Å². The summed E-state index contributed by atoms with van der Waals surface area (Å²) >= 11 is 0. The van der Waals surface area contributed by atoms with Gasteiger partial charge in [0.05, 0.1) is 16.6 Å². The summed E-state index contributed by atoms with van der Waals surface area (Å²) in [6, 6.07) is 19.7. The van der Waals surface area contributed by atoms with Gasteiger partial charge in [-0.2, -0.15) is 13.9 Å². The number of halogens is 3. The lowest BCUT2D eigenvalue weighted by atomic mass is 10.1. The predicted molar refractivity (Wildman–Crippen MR) is 135 cm³/mol. The van der Waals surface area contributed by atoms with Crippen LogP contribution in [0, 0.1) is 5.82 Å². The number of alkyl halides is 2. The molecule has 0 saturated carbocycles. The first kappa shape index (κ1) is 22.6. The number of piperazine rings is 1. The van der Waals surface area contributed by atoms with E-state index in [4.69, 9.17) is 0 Å². The monoisotopic (exact) mass is 490 g/mol. The molecule has 9 heteroatoms. The quantitative estimate of drug-likeness (QED) is 0.329. The number of hydrogen-bond donors (Lipinski definition) is 0.